The van der Waals surface area contributed by atoms with E-state index in [1.807, 2.05) is 13.8 Å². The van der Waals surface area contributed by atoms with E-state index in [4.69, 9.17) is 4.74 Å². The first-order valence-corrected chi connectivity index (χ1v) is 4.13. The highest BCUT2D eigenvalue weighted by Gasteiger charge is 1.99. The van der Waals surface area contributed by atoms with Crippen LogP contribution in [0.5, 0.6) is 5.88 Å². The Hall–Kier alpha value is -1.45. The summed E-state index contributed by atoms with van der Waals surface area (Å²) in [7, 11) is 0. The van der Waals surface area contributed by atoms with Crippen LogP contribution in [0.25, 0.3) is 0 Å². The second kappa shape index (κ2) is 4.54. The Balaban J connectivity index is 2.61. The van der Waals surface area contributed by atoms with Crippen molar-refractivity contribution in [2.45, 2.75) is 13.8 Å². The molecule has 0 N–H and O–H groups in total. The van der Waals surface area contributed by atoms with E-state index >= 15 is 0 Å². The zero-order valence-electron chi connectivity index (χ0n) is 7.73. The Labute approximate surface area is 77.0 Å². The van der Waals surface area contributed by atoms with Gasteiger partial charge < -0.3 is 4.74 Å². The Kier molecular flexibility index (Phi) is 3.37. The van der Waals surface area contributed by atoms with Crippen molar-refractivity contribution >= 4 is 6.29 Å². The number of hydrogen-bond donors (Lipinski definition) is 0. The van der Waals surface area contributed by atoms with E-state index in [2.05, 4.69) is 9.97 Å². The molecule has 1 rings (SSSR count). The molecule has 0 unspecified atom stereocenters. The summed E-state index contributed by atoms with van der Waals surface area (Å²) in [6, 6.07) is 1.63. The standard InChI is InChI=1S/C9H12N2O2/c1-7(2)6-13-9-3-4-10-8(5-12)11-9/h3-5,7H,6H2,1-2H3. The smallest absolute Gasteiger partial charge is 0.216 e. The molecule has 0 radical (unpaired) electrons. The summed E-state index contributed by atoms with van der Waals surface area (Å²) in [5, 5.41) is 0. The quantitative estimate of drug-likeness (QED) is 0.656. The van der Waals surface area contributed by atoms with Gasteiger partial charge in [-0.3, -0.25) is 4.79 Å². The Morgan fingerprint density at radius 3 is 3.00 bits per heavy atom. The van der Waals surface area contributed by atoms with Gasteiger partial charge in [0, 0.05) is 12.3 Å². The van der Waals surface area contributed by atoms with Gasteiger partial charge >= 0.3 is 0 Å². The van der Waals surface area contributed by atoms with E-state index in [0.29, 0.717) is 24.7 Å². The van der Waals surface area contributed by atoms with Gasteiger partial charge in [0.15, 0.2) is 12.1 Å². The molecule has 0 saturated heterocycles. The van der Waals surface area contributed by atoms with Crippen LogP contribution in [-0.4, -0.2) is 22.9 Å². The Bertz CT molecular complexity index is 287. The minimum atomic E-state index is 0.154. The fourth-order valence-electron chi connectivity index (χ4n) is 0.746. The van der Waals surface area contributed by atoms with E-state index in [9.17, 15) is 4.79 Å². The minimum Gasteiger partial charge on any atom is -0.477 e. The number of hydrogen-bond acceptors (Lipinski definition) is 4. The van der Waals surface area contributed by atoms with Crippen LogP contribution in [-0.2, 0) is 0 Å². The third kappa shape index (κ3) is 3.19. The normalized spacial score (nSPS) is 10.1. The van der Waals surface area contributed by atoms with Crippen LogP contribution < -0.4 is 4.74 Å². The number of aromatic nitrogens is 2. The number of aldehydes is 1. The molecule has 0 aliphatic heterocycles. The number of carbonyl (C=O) groups is 1. The topological polar surface area (TPSA) is 52.1 Å². The summed E-state index contributed by atoms with van der Waals surface area (Å²) in [4.78, 5) is 17.9. The maximum absolute atomic E-state index is 10.3. The predicted molar refractivity (Wildman–Crippen MR) is 47.8 cm³/mol. The van der Waals surface area contributed by atoms with Crippen molar-refractivity contribution in [3.8, 4) is 5.88 Å². The molecule has 4 nitrogen and oxygen atoms in total. The third-order valence-electron chi connectivity index (χ3n) is 1.32. The van der Waals surface area contributed by atoms with Crippen molar-refractivity contribution in [2.75, 3.05) is 6.61 Å². The fraction of sp³-hybridized carbons (Fsp3) is 0.444. The molecule has 1 aromatic heterocycles. The van der Waals surface area contributed by atoms with Crippen LogP contribution in [0.2, 0.25) is 0 Å². The zero-order valence-corrected chi connectivity index (χ0v) is 7.73. The molecule has 4 heteroatoms. The van der Waals surface area contributed by atoms with Gasteiger partial charge in [0.2, 0.25) is 5.88 Å². The molecular formula is C9H12N2O2. The Morgan fingerprint density at radius 2 is 2.38 bits per heavy atom. The molecule has 13 heavy (non-hydrogen) atoms. The van der Waals surface area contributed by atoms with Crippen molar-refractivity contribution in [3.05, 3.63) is 18.1 Å². The zero-order chi connectivity index (χ0) is 9.68. The highest BCUT2D eigenvalue weighted by atomic mass is 16.5. The van der Waals surface area contributed by atoms with E-state index in [0.717, 1.165) is 0 Å². The molecule has 0 atom stereocenters. The average molecular weight is 180 g/mol. The lowest BCUT2D eigenvalue weighted by Gasteiger charge is -2.06. The largest absolute Gasteiger partial charge is 0.477 e. The molecule has 0 saturated carbocycles. The average Bonchev–Trinajstić information content (AvgIpc) is 2.15. The Morgan fingerprint density at radius 1 is 1.62 bits per heavy atom. The second-order valence-corrected chi connectivity index (χ2v) is 3.08. The first kappa shape index (κ1) is 9.64. The summed E-state index contributed by atoms with van der Waals surface area (Å²) < 4.78 is 5.30. The van der Waals surface area contributed by atoms with E-state index in [-0.39, 0.29) is 5.82 Å². The number of carbonyl (C=O) groups excluding carboxylic acids is 1. The molecule has 0 amide bonds. The van der Waals surface area contributed by atoms with E-state index < -0.39 is 0 Å². The van der Waals surface area contributed by atoms with Crippen molar-refractivity contribution in [2.24, 2.45) is 5.92 Å². The van der Waals surface area contributed by atoms with Gasteiger partial charge in [-0.1, -0.05) is 13.8 Å². The van der Waals surface area contributed by atoms with Crippen LogP contribution in [0.4, 0.5) is 0 Å². The first-order chi connectivity index (χ1) is 6.22. The molecule has 70 valence electrons. The molecule has 0 fully saturated rings. The van der Waals surface area contributed by atoms with Crippen LogP contribution >= 0.6 is 0 Å². The lowest BCUT2D eigenvalue weighted by atomic mass is 10.2. The van der Waals surface area contributed by atoms with Crippen LogP contribution in [0.3, 0.4) is 0 Å². The fourth-order valence-corrected chi connectivity index (χ4v) is 0.746. The summed E-state index contributed by atoms with van der Waals surface area (Å²) in [5.41, 5.74) is 0. The SMILES string of the molecule is CC(C)COc1ccnc(C=O)n1. The summed E-state index contributed by atoms with van der Waals surface area (Å²) in [5.74, 6) is 1.04. The minimum absolute atomic E-state index is 0.154. The summed E-state index contributed by atoms with van der Waals surface area (Å²) in [6.45, 7) is 4.68. The van der Waals surface area contributed by atoms with Crippen LogP contribution in [0.1, 0.15) is 24.5 Å². The predicted octanol–water partition coefficient (Wildman–Crippen LogP) is 1.32. The van der Waals surface area contributed by atoms with Gasteiger partial charge in [-0.2, -0.15) is 4.98 Å². The molecule has 1 heterocycles. The van der Waals surface area contributed by atoms with Gasteiger partial charge in [-0.25, -0.2) is 4.98 Å². The maximum Gasteiger partial charge on any atom is 0.216 e. The van der Waals surface area contributed by atoms with Gasteiger partial charge in [0.25, 0.3) is 0 Å². The molecule has 0 aromatic carbocycles. The van der Waals surface area contributed by atoms with Crippen LogP contribution in [0.15, 0.2) is 12.3 Å². The third-order valence-corrected chi connectivity index (χ3v) is 1.32. The molecule has 0 aliphatic carbocycles. The van der Waals surface area contributed by atoms with Gasteiger partial charge in [-0.15, -0.1) is 0 Å². The lowest BCUT2D eigenvalue weighted by Crippen LogP contribution is -2.06. The van der Waals surface area contributed by atoms with Crippen molar-refractivity contribution in [1.82, 2.24) is 9.97 Å². The van der Waals surface area contributed by atoms with Crippen molar-refractivity contribution < 1.29 is 9.53 Å². The van der Waals surface area contributed by atoms with Crippen molar-refractivity contribution in [3.63, 3.8) is 0 Å². The van der Waals surface area contributed by atoms with Gasteiger partial charge in [-0.05, 0) is 5.92 Å². The second-order valence-electron chi connectivity index (χ2n) is 3.08. The molecular weight excluding hydrogens is 168 g/mol. The number of nitrogens with zero attached hydrogens (tertiary/aromatic N) is 2. The maximum atomic E-state index is 10.3. The number of ether oxygens (including phenoxy) is 1. The summed E-state index contributed by atoms with van der Waals surface area (Å²) >= 11 is 0. The molecule has 0 aliphatic rings. The van der Waals surface area contributed by atoms with Crippen LogP contribution in [0, 0.1) is 5.92 Å². The highest BCUT2D eigenvalue weighted by Crippen LogP contribution is 2.05. The number of rotatable bonds is 4. The van der Waals surface area contributed by atoms with Crippen molar-refractivity contribution in [1.29, 1.82) is 0 Å². The summed E-state index contributed by atoms with van der Waals surface area (Å²) in [6.07, 6.45) is 2.11. The lowest BCUT2D eigenvalue weighted by molar-refractivity contribution is 0.111. The monoisotopic (exact) mass is 180 g/mol. The highest BCUT2D eigenvalue weighted by molar-refractivity contribution is 5.68. The van der Waals surface area contributed by atoms with Gasteiger partial charge in [0.05, 0.1) is 6.61 Å². The van der Waals surface area contributed by atoms with E-state index in [1.54, 1.807) is 6.07 Å². The first-order valence-electron chi connectivity index (χ1n) is 4.13. The van der Waals surface area contributed by atoms with Gasteiger partial charge in [0.1, 0.15) is 0 Å². The molecule has 0 spiro atoms. The van der Waals surface area contributed by atoms with E-state index in [1.165, 1.54) is 6.20 Å². The molecule has 0 bridgehead atoms. The molecule has 1 aromatic rings.